The number of fused-ring (bicyclic) bond motifs is 1. The monoisotopic (exact) mass is 487 g/mol. The fourth-order valence-corrected chi connectivity index (χ4v) is 4.56. The SMILES string of the molecule is CNc1nc([C@H](C)O)cn2c(-c3cc(NS(=O)(=O)c4cnn(C)c4)c(OC)c(OC)c3)cnc12. The number of hydrogen-bond donors (Lipinski definition) is 3. The number of hydrogen-bond acceptors (Lipinski definition) is 9. The average Bonchev–Trinajstić information content (AvgIpc) is 3.44. The van der Waals surface area contributed by atoms with Crippen molar-refractivity contribution in [3.05, 3.63) is 42.6 Å². The molecule has 12 nitrogen and oxygen atoms in total. The zero-order valence-electron chi connectivity index (χ0n) is 19.3. The first kappa shape index (κ1) is 23.3. The third-order valence-corrected chi connectivity index (χ3v) is 6.51. The number of nitrogens with zero attached hydrogens (tertiary/aromatic N) is 5. The van der Waals surface area contributed by atoms with Crippen LogP contribution in [0.2, 0.25) is 0 Å². The van der Waals surface area contributed by atoms with Crippen molar-refractivity contribution in [2.45, 2.75) is 17.9 Å². The zero-order valence-corrected chi connectivity index (χ0v) is 20.1. The van der Waals surface area contributed by atoms with E-state index in [1.807, 2.05) is 0 Å². The van der Waals surface area contributed by atoms with Crippen molar-refractivity contribution in [3.8, 4) is 22.8 Å². The van der Waals surface area contributed by atoms with Crippen molar-refractivity contribution in [1.82, 2.24) is 24.1 Å². The van der Waals surface area contributed by atoms with Gasteiger partial charge in [0.2, 0.25) is 0 Å². The predicted molar refractivity (Wildman–Crippen MR) is 126 cm³/mol. The van der Waals surface area contributed by atoms with Crippen molar-refractivity contribution in [3.63, 3.8) is 0 Å². The smallest absolute Gasteiger partial charge is 0.265 e. The molecule has 0 bridgehead atoms. The highest BCUT2D eigenvalue weighted by atomic mass is 32.2. The lowest BCUT2D eigenvalue weighted by Crippen LogP contribution is -2.13. The first-order valence-corrected chi connectivity index (χ1v) is 11.7. The summed E-state index contributed by atoms with van der Waals surface area (Å²) >= 11 is 0. The van der Waals surface area contributed by atoms with Crippen LogP contribution >= 0.6 is 0 Å². The van der Waals surface area contributed by atoms with E-state index in [0.717, 1.165) is 0 Å². The van der Waals surface area contributed by atoms with E-state index in [9.17, 15) is 13.5 Å². The van der Waals surface area contributed by atoms with E-state index in [2.05, 4.69) is 25.1 Å². The Balaban J connectivity index is 1.90. The highest BCUT2D eigenvalue weighted by molar-refractivity contribution is 7.92. The van der Waals surface area contributed by atoms with Crippen LogP contribution in [0.5, 0.6) is 11.5 Å². The lowest BCUT2D eigenvalue weighted by atomic mass is 10.1. The molecule has 0 aliphatic rings. The number of aliphatic hydroxyl groups is 1. The van der Waals surface area contributed by atoms with Gasteiger partial charge in [-0.1, -0.05) is 0 Å². The molecule has 34 heavy (non-hydrogen) atoms. The number of aromatic nitrogens is 5. The Kier molecular flexibility index (Phi) is 6.06. The molecule has 4 rings (SSSR count). The number of methoxy groups -OCH3 is 2. The topological polar surface area (TPSA) is 145 Å². The summed E-state index contributed by atoms with van der Waals surface area (Å²) in [4.78, 5) is 8.86. The molecule has 0 radical (unpaired) electrons. The number of sulfonamides is 1. The Hall–Kier alpha value is -3.84. The van der Waals surface area contributed by atoms with E-state index in [0.29, 0.717) is 34.2 Å². The van der Waals surface area contributed by atoms with E-state index in [4.69, 9.17) is 9.47 Å². The molecular weight excluding hydrogens is 462 g/mol. The minimum absolute atomic E-state index is 0.00235. The first-order valence-electron chi connectivity index (χ1n) is 10.2. The second-order valence-corrected chi connectivity index (χ2v) is 9.17. The molecule has 0 aliphatic carbocycles. The van der Waals surface area contributed by atoms with Crippen LogP contribution in [-0.2, 0) is 17.1 Å². The van der Waals surface area contributed by atoms with Gasteiger partial charge in [-0.15, -0.1) is 0 Å². The maximum atomic E-state index is 13.0. The van der Waals surface area contributed by atoms with Gasteiger partial charge >= 0.3 is 0 Å². The predicted octanol–water partition coefficient (Wildman–Crippen LogP) is 2.04. The highest BCUT2D eigenvalue weighted by Crippen LogP contribution is 2.41. The third-order valence-electron chi connectivity index (χ3n) is 5.19. The van der Waals surface area contributed by atoms with Crippen LogP contribution in [0.4, 0.5) is 11.5 Å². The van der Waals surface area contributed by atoms with Gasteiger partial charge in [0, 0.05) is 32.1 Å². The largest absolute Gasteiger partial charge is 0.493 e. The van der Waals surface area contributed by atoms with Crippen molar-refractivity contribution in [2.24, 2.45) is 7.05 Å². The number of ether oxygens (including phenoxy) is 2. The molecule has 0 unspecified atom stereocenters. The molecule has 1 aromatic carbocycles. The Labute approximate surface area is 196 Å². The summed E-state index contributed by atoms with van der Waals surface area (Å²) in [5, 5.41) is 17.0. The zero-order chi connectivity index (χ0) is 24.6. The number of aryl methyl sites for hydroxylation is 1. The van der Waals surface area contributed by atoms with Gasteiger partial charge in [-0.2, -0.15) is 5.10 Å². The Bertz CT molecular complexity index is 1460. The Morgan fingerprint density at radius 3 is 2.50 bits per heavy atom. The number of imidazole rings is 1. The summed E-state index contributed by atoms with van der Waals surface area (Å²) in [6.07, 6.45) is 5.15. The summed E-state index contributed by atoms with van der Waals surface area (Å²) in [5.41, 5.74) is 2.37. The van der Waals surface area contributed by atoms with Crippen molar-refractivity contribution < 1.29 is 23.0 Å². The van der Waals surface area contributed by atoms with Crippen molar-refractivity contribution in [1.29, 1.82) is 0 Å². The lowest BCUT2D eigenvalue weighted by Gasteiger charge is -2.16. The van der Waals surface area contributed by atoms with Crippen LogP contribution in [0.1, 0.15) is 18.7 Å². The molecule has 0 aliphatic heterocycles. The van der Waals surface area contributed by atoms with Gasteiger partial charge in [0.15, 0.2) is 23.0 Å². The second-order valence-electron chi connectivity index (χ2n) is 7.49. The number of nitrogens with one attached hydrogen (secondary N) is 2. The van der Waals surface area contributed by atoms with Gasteiger partial charge < -0.3 is 19.9 Å². The van der Waals surface area contributed by atoms with Crippen LogP contribution in [0.3, 0.4) is 0 Å². The first-order chi connectivity index (χ1) is 16.2. The maximum absolute atomic E-state index is 13.0. The number of benzene rings is 1. The van der Waals surface area contributed by atoms with Crippen LogP contribution < -0.4 is 19.5 Å². The van der Waals surface area contributed by atoms with E-state index in [1.54, 1.807) is 49.9 Å². The summed E-state index contributed by atoms with van der Waals surface area (Å²) in [5.74, 6) is 1.02. The molecule has 0 spiro atoms. The molecule has 13 heteroatoms. The van der Waals surface area contributed by atoms with Crippen LogP contribution in [0, 0.1) is 0 Å². The van der Waals surface area contributed by atoms with Crippen LogP contribution in [-0.4, -0.2) is 58.9 Å². The summed E-state index contributed by atoms with van der Waals surface area (Å²) < 4.78 is 42.6. The van der Waals surface area contributed by atoms with Crippen molar-refractivity contribution >= 4 is 27.2 Å². The van der Waals surface area contributed by atoms with Gasteiger partial charge in [-0.05, 0) is 19.1 Å². The molecule has 180 valence electrons. The molecule has 3 heterocycles. The number of anilines is 2. The van der Waals surface area contributed by atoms with Gasteiger partial charge in [0.1, 0.15) is 4.90 Å². The summed E-state index contributed by atoms with van der Waals surface area (Å²) in [6, 6.07) is 3.34. The molecule has 0 amide bonds. The van der Waals surface area contributed by atoms with E-state index < -0.39 is 16.1 Å². The molecule has 0 fully saturated rings. The third kappa shape index (κ3) is 4.10. The minimum atomic E-state index is -3.95. The normalized spacial score (nSPS) is 12.5. The molecule has 0 saturated heterocycles. The van der Waals surface area contributed by atoms with Gasteiger partial charge in [-0.25, -0.2) is 18.4 Å². The van der Waals surface area contributed by atoms with Gasteiger partial charge in [0.25, 0.3) is 10.0 Å². The minimum Gasteiger partial charge on any atom is -0.493 e. The number of rotatable bonds is 8. The maximum Gasteiger partial charge on any atom is 0.265 e. The molecule has 3 aromatic heterocycles. The second kappa shape index (κ2) is 8.83. The van der Waals surface area contributed by atoms with Crippen LogP contribution in [0.25, 0.3) is 16.9 Å². The lowest BCUT2D eigenvalue weighted by molar-refractivity contribution is 0.194. The Morgan fingerprint density at radius 1 is 1.15 bits per heavy atom. The number of aliphatic hydroxyl groups excluding tert-OH is 1. The fraction of sp³-hybridized carbons (Fsp3) is 0.286. The summed E-state index contributed by atoms with van der Waals surface area (Å²) in [6.45, 7) is 1.62. The van der Waals surface area contributed by atoms with E-state index in [-0.39, 0.29) is 16.3 Å². The van der Waals surface area contributed by atoms with Crippen LogP contribution in [0.15, 0.2) is 41.8 Å². The molecular formula is C21H25N7O5S. The molecule has 1 atom stereocenters. The highest BCUT2D eigenvalue weighted by Gasteiger charge is 2.23. The standard InChI is InChI=1S/C21H25N7O5S/c1-12(29)16-11-28-17(9-23-21(28)20(22-2)25-16)13-6-15(19(33-5)18(7-13)32-4)26-34(30,31)14-8-24-27(3)10-14/h6-12,26,29H,1-5H3,(H,22,25)/t12-/m0/s1. The van der Waals surface area contributed by atoms with E-state index in [1.165, 1.54) is 31.3 Å². The molecule has 3 N–H and O–H groups in total. The van der Waals surface area contributed by atoms with Crippen molar-refractivity contribution in [2.75, 3.05) is 31.3 Å². The molecule has 4 aromatic rings. The Morgan fingerprint density at radius 2 is 1.91 bits per heavy atom. The van der Waals surface area contributed by atoms with E-state index >= 15 is 0 Å². The molecule has 0 saturated carbocycles. The fourth-order valence-electron chi connectivity index (χ4n) is 3.52. The summed E-state index contributed by atoms with van der Waals surface area (Å²) in [7, 11) is 2.28. The average molecular weight is 488 g/mol. The van der Waals surface area contributed by atoms with Gasteiger partial charge in [0.05, 0.1) is 49.8 Å². The van der Waals surface area contributed by atoms with Gasteiger partial charge in [-0.3, -0.25) is 13.8 Å². The quantitative estimate of drug-likeness (QED) is 0.340.